The van der Waals surface area contributed by atoms with Gasteiger partial charge < -0.3 is 9.64 Å². The minimum atomic E-state index is -4.04. The second-order valence-electron chi connectivity index (χ2n) is 8.14. The van der Waals surface area contributed by atoms with Gasteiger partial charge in [0.05, 0.1) is 4.90 Å². The molecule has 9 heteroatoms. The number of nitrogens with zero attached hydrogens (tertiary/aromatic N) is 1. The Labute approximate surface area is 197 Å². The Hall–Kier alpha value is -3.46. The van der Waals surface area contributed by atoms with E-state index in [2.05, 4.69) is 4.72 Å². The third-order valence-corrected chi connectivity index (χ3v) is 7.05. The number of fused-ring (bicyclic) bond motifs is 1. The van der Waals surface area contributed by atoms with Crippen molar-refractivity contribution in [3.05, 3.63) is 89.0 Å². The standard InChI is InChI=1S/C25H24F2N2O4S/c1-3-23-25(30)29(14-17-6-4-5-7-21(17)26)15-18-12-19(9-11-24(18)33-23)28-34(31,32)20-10-8-16(2)22(27)13-20/h4-13,23,28H,3,14-15H2,1-2H3/t23-/m0/s1. The van der Waals surface area contributed by atoms with Crippen LogP contribution in [0, 0.1) is 18.6 Å². The quantitative estimate of drug-likeness (QED) is 0.545. The molecular formula is C25H24F2N2O4S. The number of hydrogen-bond donors (Lipinski definition) is 1. The second-order valence-corrected chi connectivity index (χ2v) is 9.82. The molecule has 0 saturated heterocycles. The zero-order valence-corrected chi connectivity index (χ0v) is 19.5. The highest BCUT2D eigenvalue weighted by molar-refractivity contribution is 7.92. The number of anilines is 1. The average Bonchev–Trinajstić information content (AvgIpc) is 2.93. The lowest BCUT2D eigenvalue weighted by atomic mass is 10.1. The number of rotatable bonds is 6. The highest BCUT2D eigenvalue weighted by atomic mass is 32.2. The number of amides is 1. The SMILES string of the molecule is CC[C@@H]1Oc2ccc(NS(=O)(=O)c3ccc(C)c(F)c3)cc2CN(Cc2ccccc2F)C1=O. The smallest absolute Gasteiger partial charge is 0.264 e. The van der Waals surface area contributed by atoms with Crippen molar-refractivity contribution >= 4 is 21.6 Å². The molecule has 0 radical (unpaired) electrons. The molecule has 0 saturated carbocycles. The maximum Gasteiger partial charge on any atom is 0.264 e. The molecular weight excluding hydrogens is 462 g/mol. The van der Waals surface area contributed by atoms with E-state index in [1.54, 1.807) is 37.3 Å². The van der Waals surface area contributed by atoms with E-state index < -0.39 is 27.8 Å². The predicted molar refractivity (Wildman–Crippen MR) is 124 cm³/mol. The van der Waals surface area contributed by atoms with Gasteiger partial charge in [0, 0.05) is 29.9 Å². The van der Waals surface area contributed by atoms with E-state index in [-0.39, 0.29) is 29.6 Å². The van der Waals surface area contributed by atoms with Crippen molar-refractivity contribution in [3.8, 4) is 5.75 Å². The Morgan fingerprint density at radius 2 is 1.82 bits per heavy atom. The number of hydrogen-bond acceptors (Lipinski definition) is 4. The minimum Gasteiger partial charge on any atom is -0.480 e. The molecule has 0 unspecified atom stereocenters. The molecule has 34 heavy (non-hydrogen) atoms. The molecule has 0 aliphatic carbocycles. The van der Waals surface area contributed by atoms with E-state index in [0.29, 0.717) is 28.9 Å². The fourth-order valence-electron chi connectivity index (χ4n) is 3.75. The first-order chi connectivity index (χ1) is 16.2. The molecule has 178 valence electrons. The second kappa shape index (κ2) is 9.42. The first-order valence-electron chi connectivity index (χ1n) is 10.8. The number of nitrogens with one attached hydrogen (secondary N) is 1. The van der Waals surface area contributed by atoms with Gasteiger partial charge in [0.1, 0.15) is 17.4 Å². The Morgan fingerprint density at radius 3 is 2.53 bits per heavy atom. The fraction of sp³-hybridized carbons (Fsp3) is 0.240. The number of aryl methyl sites for hydroxylation is 1. The lowest BCUT2D eigenvalue weighted by molar-refractivity contribution is -0.139. The maximum atomic E-state index is 14.2. The van der Waals surface area contributed by atoms with Crippen molar-refractivity contribution in [2.75, 3.05) is 4.72 Å². The molecule has 4 rings (SSSR count). The highest BCUT2D eigenvalue weighted by Crippen LogP contribution is 2.31. The Morgan fingerprint density at radius 1 is 1.06 bits per heavy atom. The summed E-state index contributed by atoms with van der Waals surface area (Å²) < 4.78 is 62.1. The van der Waals surface area contributed by atoms with Crippen molar-refractivity contribution in [1.29, 1.82) is 0 Å². The molecule has 3 aromatic carbocycles. The van der Waals surface area contributed by atoms with Gasteiger partial charge in [-0.25, -0.2) is 17.2 Å². The van der Waals surface area contributed by atoms with Gasteiger partial charge in [-0.2, -0.15) is 0 Å². The van der Waals surface area contributed by atoms with E-state index in [4.69, 9.17) is 4.74 Å². The molecule has 1 heterocycles. The van der Waals surface area contributed by atoms with Crippen LogP contribution in [-0.2, 0) is 27.9 Å². The van der Waals surface area contributed by atoms with Gasteiger partial charge in [0.2, 0.25) is 0 Å². The lowest BCUT2D eigenvalue weighted by Crippen LogP contribution is -2.39. The number of benzene rings is 3. The molecule has 6 nitrogen and oxygen atoms in total. The van der Waals surface area contributed by atoms with Crippen molar-refractivity contribution in [3.63, 3.8) is 0 Å². The summed E-state index contributed by atoms with van der Waals surface area (Å²) in [6.07, 6.45) is -0.328. The number of carbonyl (C=O) groups excluding carboxylic acids is 1. The predicted octanol–water partition coefficient (Wildman–Crippen LogP) is 4.77. The Kier molecular flexibility index (Phi) is 6.56. The van der Waals surface area contributed by atoms with Crippen LogP contribution < -0.4 is 9.46 Å². The fourth-order valence-corrected chi connectivity index (χ4v) is 4.81. The number of ether oxygens (including phenoxy) is 1. The summed E-state index contributed by atoms with van der Waals surface area (Å²) in [4.78, 5) is 14.3. The summed E-state index contributed by atoms with van der Waals surface area (Å²) in [5.41, 5.74) is 1.51. The summed E-state index contributed by atoms with van der Waals surface area (Å²) in [6, 6.07) is 14.6. The molecule has 0 spiro atoms. The van der Waals surface area contributed by atoms with Crippen LogP contribution in [0.1, 0.15) is 30.0 Å². The van der Waals surface area contributed by atoms with Crippen LogP contribution in [0.15, 0.2) is 65.6 Å². The van der Waals surface area contributed by atoms with Gasteiger partial charge in [-0.15, -0.1) is 0 Å². The highest BCUT2D eigenvalue weighted by Gasteiger charge is 2.30. The largest absolute Gasteiger partial charge is 0.480 e. The molecule has 1 aliphatic rings. The van der Waals surface area contributed by atoms with Crippen LogP contribution in [0.2, 0.25) is 0 Å². The Bertz CT molecular complexity index is 1340. The van der Waals surface area contributed by atoms with E-state index in [1.165, 1.54) is 29.2 Å². The molecule has 1 atom stereocenters. The number of carbonyl (C=O) groups is 1. The first kappa shape index (κ1) is 23.7. The van der Waals surface area contributed by atoms with Crippen molar-refractivity contribution < 1.29 is 26.7 Å². The maximum absolute atomic E-state index is 14.2. The van der Waals surface area contributed by atoms with Gasteiger partial charge >= 0.3 is 0 Å². The van der Waals surface area contributed by atoms with Crippen LogP contribution in [-0.4, -0.2) is 25.3 Å². The van der Waals surface area contributed by atoms with Crippen LogP contribution in [0.4, 0.5) is 14.5 Å². The topological polar surface area (TPSA) is 75.7 Å². The zero-order valence-electron chi connectivity index (χ0n) is 18.7. The van der Waals surface area contributed by atoms with Gasteiger partial charge in [0.15, 0.2) is 6.10 Å². The third-order valence-electron chi connectivity index (χ3n) is 5.67. The molecule has 0 aromatic heterocycles. The minimum absolute atomic E-state index is 0.0450. The number of halogens is 2. The van der Waals surface area contributed by atoms with E-state index >= 15 is 0 Å². The molecule has 3 aromatic rings. The van der Waals surface area contributed by atoms with Crippen molar-refractivity contribution in [2.24, 2.45) is 0 Å². The van der Waals surface area contributed by atoms with Crippen LogP contribution >= 0.6 is 0 Å². The summed E-state index contributed by atoms with van der Waals surface area (Å²) in [5, 5.41) is 0. The van der Waals surface area contributed by atoms with Gasteiger partial charge in [-0.1, -0.05) is 31.2 Å². The summed E-state index contributed by atoms with van der Waals surface area (Å²) in [6.45, 7) is 3.51. The monoisotopic (exact) mass is 486 g/mol. The van der Waals surface area contributed by atoms with Crippen LogP contribution in [0.3, 0.4) is 0 Å². The average molecular weight is 487 g/mol. The zero-order chi connectivity index (χ0) is 24.5. The van der Waals surface area contributed by atoms with Crippen molar-refractivity contribution in [1.82, 2.24) is 4.90 Å². The van der Waals surface area contributed by atoms with Gasteiger partial charge in [-0.05, 0) is 55.3 Å². The molecule has 1 aliphatic heterocycles. The molecule has 1 N–H and O–H groups in total. The van der Waals surface area contributed by atoms with E-state index in [9.17, 15) is 22.0 Å². The summed E-state index contributed by atoms with van der Waals surface area (Å²) in [5.74, 6) is -0.869. The van der Waals surface area contributed by atoms with Gasteiger partial charge in [-0.3, -0.25) is 9.52 Å². The van der Waals surface area contributed by atoms with Crippen molar-refractivity contribution in [2.45, 2.75) is 44.4 Å². The molecule has 0 fully saturated rings. The van der Waals surface area contributed by atoms with Gasteiger partial charge in [0.25, 0.3) is 15.9 Å². The molecule has 1 amide bonds. The van der Waals surface area contributed by atoms with Crippen LogP contribution in [0.25, 0.3) is 0 Å². The first-order valence-corrected chi connectivity index (χ1v) is 12.3. The summed E-state index contributed by atoms with van der Waals surface area (Å²) >= 11 is 0. The van der Waals surface area contributed by atoms with E-state index in [0.717, 1.165) is 6.07 Å². The van der Waals surface area contributed by atoms with E-state index in [1.807, 2.05) is 6.92 Å². The number of sulfonamides is 1. The molecule has 0 bridgehead atoms. The third kappa shape index (κ3) is 4.89. The Balaban J connectivity index is 1.64. The lowest BCUT2D eigenvalue weighted by Gasteiger charge is -2.23. The van der Waals surface area contributed by atoms with Crippen LogP contribution in [0.5, 0.6) is 5.75 Å². The normalized spacial score (nSPS) is 15.9. The summed E-state index contributed by atoms with van der Waals surface area (Å²) in [7, 11) is -4.04.